The minimum absolute atomic E-state index is 0.0571. The molecular weight excluding hydrogens is 292 g/mol. The van der Waals surface area contributed by atoms with Crippen LogP contribution in [0.2, 0.25) is 0 Å². The summed E-state index contributed by atoms with van der Waals surface area (Å²) in [4.78, 5) is 13.7. The van der Waals surface area contributed by atoms with Crippen molar-refractivity contribution in [2.24, 2.45) is 5.14 Å². The van der Waals surface area contributed by atoms with Gasteiger partial charge in [-0.15, -0.1) is 0 Å². The Balaban J connectivity index is 2.46. The molecule has 0 aliphatic carbocycles. The average molecular weight is 314 g/mol. The van der Waals surface area contributed by atoms with Gasteiger partial charge in [0.25, 0.3) is 0 Å². The lowest BCUT2D eigenvalue weighted by molar-refractivity contribution is -0.130. The van der Waals surface area contributed by atoms with Crippen LogP contribution in [-0.2, 0) is 26.0 Å². The number of nitrogens with two attached hydrogens (primary N) is 1. The van der Waals surface area contributed by atoms with Gasteiger partial charge < -0.3 is 9.64 Å². The minimum atomic E-state index is -3.66. The summed E-state index contributed by atoms with van der Waals surface area (Å²) in [5.41, 5.74) is 0.904. The third-order valence-electron chi connectivity index (χ3n) is 3.15. The Morgan fingerprint density at radius 3 is 2.43 bits per heavy atom. The number of aryl methyl sites for hydroxylation is 1. The molecule has 21 heavy (non-hydrogen) atoms. The van der Waals surface area contributed by atoms with Crippen molar-refractivity contribution in [3.63, 3.8) is 0 Å². The molecule has 0 saturated carbocycles. The van der Waals surface area contributed by atoms with Gasteiger partial charge in [0.05, 0.1) is 4.90 Å². The standard InChI is InChI=1S/C14H22N2O4S/c1-16(10-3-11-20-2)14(17)9-6-12-4-7-13(8-5-12)21(15,18)19/h4-5,7-8H,3,6,9-11H2,1-2H3,(H2,15,18,19). The predicted molar refractivity (Wildman–Crippen MR) is 80.3 cm³/mol. The van der Waals surface area contributed by atoms with Crippen LogP contribution in [0.1, 0.15) is 18.4 Å². The molecule has 0 saturated heterocycles. The number of ether oxygens (including phenoxy) is 1. The zero-order valence-electron chi connectivity index (χ0n) is 12.4. The molecule has 1 amide bonds. The molecular formula is C14H22N2O4S. The van der Waals surface area contributed by atoms with E-state index in [-0.39, 0.29) is 10.8 Å². The fourth-order valence-electron chi connectivity index (χ4n) is 1.86. The van der Waals surface area contributed by atoms with E-state index >= 15 is 0 Å². The summed E-state index contributed by atoms with van der Waals surface area (Å²) in [6, 6.07) is 6.27. The first-order valence-electron chi connectivity index (χ1n) is 6.69. The highest BCUT2D eigenvalue weighted by Crippen LogP contribution is 2.11. The molecule has 7 heteroatoms. The first-order valence-corrected chi connectivity index (χ1v) is 8.24. The van der Waals surface area contributed by atoms with Gasteiger partial charge in [0.1, 0.15) is 0 Å². The molecule has 0 aliphatic heterocycles. The van der Waals surface area contributed by atoms with Crippen LogP contribution in [-0.4, -0.2) is 46.5 Å². The molecule has 0 aliphatic rings. The molecule has 0 radical (unpaired) electrons. The number of benzene rings is 1. The number of methoxy groups -OCH3 is 1. The fourth-order valence-corrected chi connectivity index (χ4v) is 2.37. The maximum Gasteiger partial charge on any atom is 0.238 e. The second-order valence-corrected chi connectivity index (χ2v) is 6.41. The van der Waals surface area contributed by atoms with E-state index in [0.717, 1.165) is 12.0 Å². The number of rotatable bonds is 8. The Morgan fingerprint density at radius 2 is 1.90 bits per heavy atom. The van der Waals surface area contributed by atoms with Gasteiger partial charge in [-0.05, 0) is 30.5 Å². The lowest BCUT2D eigenvalue weighted by Crippen LogP contribution is -2.28. The number of carbonyl (C=O) groups is 1. The Labute approximate surface area is 125 Å². The molecule has 0 fully saturated rings. The number of primary sulfonamides is 1. The molecule has 6 nitrogen and oxygen atoms in total. The number of hydrogen-bond donors (Lipinski definition) is 1. The summed E-state index contributed by atoms with van der Waals surface area (Å²) in [6.45, 7) is 1.30. The Kier molecular flexibility index (Phi) is 6.80. The van der Waals surface area contributed by atoms with Crippen LogP contribution in [0.4, 0.5) is 0 Å². The van der Waals surface area contributed by atoms with Gasteiger partial charge in [-0.1, -0.05) is 12.1 Å². The van der Waals surface area contributed by atoms with E-state index in [1.165, 1.54) is 12.1 Å². The maximum atomic E-state index is 11.9. The van der Waals surface area contributed by atoms with Crippen LogP contribution in [0, 0.1) is 0 Å². The third kappa shape index (κ3) is 6.24. The number of sulfonamides is 1. The molecule has 0 heterocycles. The molecule has 1 aromatic rings. The second-order valence-electron chi connectivity index (χ2n) is 4.85. The van der Waals surface area contributed by atoms with E-state index in [4.69, 9.17) is 9.88 Å². The number of amides is 1. The SMILES string of the molecule is COCCCN(C)C(=O)CCc1ccc(S(N)(=O)=O)cc1. The summed E-state index contributed by atoms with van der Waals surface area (Å²) in [5.74, 6) is 0.0571. The molecule has 0 bridgehead atoms. The van der Waals surface area contributed by atoms with Gasteiger partial charge in [0.2, 0.25) is 15.9 Å². The predicted octanol–water partition coefficient (Wildman–Crippen LogP) is 0.762. The van der Waals surface area contributed by atoms with Crippen molar-refractivity contribution in [1.82, 2.24) is 4.90 Å². The Bertz CT molecular complexity index is 555. The van der Waals surface area contributed by atoms with E-state index in [1.54, 1.807) is 31.2 Å². The molecule has 2 N–H and O–H groups in total. The second kappa shape index (κ2) is 8.11. The highest BCUT2D eigenvalue weighted by molar-refractivity contribution is 7.89. The van der Waals surface area contributed by atoms with E-state index in [1.807, 2.05) is 0 Å². The Morgan fingerprint density at radius 1 is 1.29 bits per heavy atom. The number of hydrogen-bond acceptors (Lipinski definition) is 4. The van der Waals surface area contributed by atoms with Crippen molar-refractivity contribution in [2.75, 3.05) is 27.3 Å². The fraction of sp³-hybridized carbons (Fsp3) is 0.500. The van der Waals surface area contributed by atoms with Crippen LogP contribution in [0.15, 0.2) is 29.2 Å². The van der Waals surface area contributed by atoms with E-state index in [0.29, 0.717) is 26.0 Å². The Hall–Kier alpha value is -1.44. The summed E-state index contributed by atoms with van der Waals surface area (Å²) >= 11 is 0. The molecule has 1 aromatic carbocycles. The van der Waals surface area contributed by atoms with Gasteiger partial charge in [-0.25, -0.2) is 13.6 Å². The maximum absolute atomic E-state index is 11.9. The normalized spacial score (nSPS) is 11.4. The van der Waals surface area contributed by atoms with Gasteiger partial charge in [-0.2, -0.15) is 0 Å². The average Bonchev–Trinajstić information content (AvgIpc) is 2.44. The lowest BCUT2D eigenvalue weighted by Gasteiger charge is -2.16. The topological polar surface area (TPSA) is 89.7 Å². The first-order chi connectivity index (χ1) is 9.84. The summed E-state index contributed by atoms with van der Waals surface area (Å²) in [6.07, 6.45) is 1.76. The molecule has 1 rings (SSSR count). The van der Waals surface area contributed by atoms with Crippen molar-refractivity contribution in [1.29, 1.82) is 0 Å². The van der Waals surface area contributed by atoms with Crippen molar-refractivity contribution in [3.8, 4) is 0 Å². The van der Waals surface area contributed by atoms with Crippen molar-refractivity contribution >= 4 is 15.9 Å². The zero-order chi connectivity index (χ0) is 15.9. The largest absolute Gasteiger partial charge is 0.385 e. The number of carbonyl (C=O) groups excluding carboxylic acids is 1. The van der Waals surface area contributed by atoms with E-state index in [9.17, 15) is 13.2 Å². The molecule has 118 valence electrons. The summed E-state index contributed by atoms with van der Waals surface area (Å²) in [5, 5.41) is 5.03. The van der Waals surface area contributed by atoms with Crippen LogP contribution >= 0.6 is 0 Å². The van der Waals surface area contributed by atoms with E-state index < -0.39 is 10.0 Å². The van der Waals surface area contributed by atoms with Crippen molar-refractivity contribution in [2.45, 2.75) is 24.2 Å². The van der Waals surface area contributed by atoms with Crippen LogP contribution in [0.5, 0.6) is 0 Å². The summed E-state index contributed by atoms with van der Waals surface area (Å²) < 4.78 is 27.2. The lowest BCUT2D eigenvalue weighted by atomic mass is 10.1. The highest BCUT2D eigenvalue weighted by Gasteiger charge is 2.10. The van der Waals surface area contributed by atoms with Crippen molar-refractivity contribution in [3.05, 3.63) is 29.8 Å². The van der Waals surface area contributed by atoms with E-state index in [2.05, 4.69) is 0 Å². The van der Waals surface area contributed by atoms with Crippen molar-refractivity contribution < 1.29 is 17.9 Å². The van der Waals surface area contributed by atoms with Gasteiger partial charge in [0, 0.05) is 33.7 Å². The monoisotopic (exact) mass is 314 g/mol. The van der Waals surface area contributed by atoms with Gasteiger partial charge >= 0.3 is 0 Å². The first kappa shape index (κ1) is 17.6. The quantitative estimate of drug-likeness (QED) is 0.717. The van der Waals surface area contributed by atoms with Gasteiger partial charge in [0.15, 0.2) is 0 Å². The van der Waals surface area contributed by atoms with Crippen LogP contribution in [0.3, 0.4) is 0 Å². The third-order valence-corrected chi connectivity index (χ3v) is 4.08. The molecule has 0 unspecified atom stereocenters. The molecule has 0 aromatic heterocycles. The molecule has 0 atom stereocenters. The van der Waals surface area contributed by atoms with Gasteiger partial charge in [-0.3, -0.25) is 4.79 Å². The van der Waals surface area contributed by atoms with Crippen LogP contribution < -0.4 is 5.14 Å². The minimum Gasteiger partial charge on any atom is -0.385 e. The van der Waals surface area contributed by atoms with Crippen LogP contribution in [0.25, 0.3) is 0 Å². The number of nitrogens with zero attached hydrogens (tertiary/aromatic N) is 1. The highest BCUT2D eigenvalue weighted by atomic mass is 32.2. The summed E-state index contributed by atoms with van der Waals surface area (Å²) in [7, 11) is -0.266. The smallest absolute Gasteiger partial charge is 0.238 e. The zero-order valence-corrected chi connectivity index (χ0v) is 13.2. The molecule has 0 spiro atoms.